The van der Waals surface area contributed by atoms with E-state index in [1.807, 2.05) is 30.5 Å². The fourth-order valence-electron chi connectivity index (χ4n) is 2.95. The molecule has 3 rings (SSSR count). The summed E-state index contributed by atoms with van der Waals surface area (Å²) in [5, 5.41) is 4.10. The molecule has 9 heteroatoms. The number of benzene rings is 2. The van der Waals surface area contributed by atoms with Crippen molar-refractivity contribution in [3.8, 4) is 0 Å². The van der Waals surface area contributed by atoms with Crippen molar-refractivity contribution >= 4 is 57.9 Å². The molecule has 1 aromatic heterocycles. The second-order valence-corrected chi connectivity index (χ2v) is 8.09. The second kappa shape index (κ2) is 10.0. The lowest BCUT2D eigenvalue weighted by atomic mass is 10.0. The number of primary amides is 1. The Morgan fingerprint density at radius 2 is 1.97 bits per heavy atom. The number of esters is 1. The number of hydrogen-bond donors (Lipinski definition) is 2. The molecule has 3 N–H and O–H groups in total. The number of urea groups is 1. The summed E-state index contributed by atoms with van der Waals surface area (Å²) >= 11 is 14.1. The highest BCUT2D eigenvalue weighted by Crippen LogP contribution is 2.27. The summed E-state index contributed by atoms with van der Waals surface area (Å²) in [6.07, 6.45) is 1.85. The van der Waals surface area contributed by atoms with Gasteiger partial charge < -0.3 is 15.8 Å². The van der Waals surface area contributed by atoms with Gasteiger partial charge in [0.2, 0.25) is 0 Å². The monoisotopic (exact) mass is 463 g/mol. The van der Waals surface area contributed by atoms with Crippen LogP contribution in [0.3, 0.4) is 0 Å². The van der Waals surface area contributed by atoms with Gasteiger partial charge in [-0.3, -0.25) is 4.79 Å². The lowest BCUT2D eigenvalue weighted by Crippen LogP contribution is -2.34. The number of halogens is 2. The zero-order chi connectivity index (χ0) is 21.7. The smallest absolute Gasteiger partial charge is 0.312 e. The average molecular weight is 464 g/mol. The minimum Gasteiger partial charge on any atom is -0.461 e. The van der Waals surface area contributed by atoms with Crippen LogP contribution in [-0.2, 0) is 16.1 Å². The number of rotatable bonds is 7. The number of hydrogen-bond acceptors (Lipinski definition) is 5. The quantitative estimate of drug-likeness (QED) is 0.288. The summed E-state index contributed by atoms with van der Waals surface area (Å²) in [6, 6.07) is 13.1. The molecule has 2 amide bonds. The molecule has 0 radical (unpaired) electrons. The Morgan fingerprint density at radius 1 is 1.20 bits per heavy atom. The molecule has 0 aliphatic rings. The summed E-state index contributed by atoms with van der Waals surface area (Å²) in [7, 11) is 0. The number of carbonyl (C=O) groups excluding carboxylic acids is 2. The maximum Gasteiger partial charge on any atom is 0.312 e. The van der Waals surface area contributed by atoms with Gasteiger partial charge in [0.15, 0.2) is 0 Å². The summed E-state index contributed by atoms with van der Waals surface area (Å²) in [5.41, 5.74) is 7.18. The van der Waals surface area contributed by atoms with Crippen LogP contribution in [0.2, 0.25) is 10.2 Å². The summed E-state index contributed by atoms with van der Waals surface area (Å²) < 4.78 is 5.37. The number of amides is 2. The molecule has 0 spiro atoms. The maximum atomic E-state index is 12.4. The molecule has 0 aliphatic heterocycles. The predicted octanol–water partition coefficient (Wildman–Crippen LogP) is 5.11. The van der Waals surface area contributed by atoms with Gasteiger partial charge in [-0.05, 0) is 36.1 Å². The van der Waals surface area contributed by atoms with Crippen LogP contribution in [0.25, 0.3) is 10.9 Å². The number of nitrogens with one attached hydrogen (secondary N) is 1. The Hall–Kier alpha value is -2.48. The van der Waals surface area contributed by atoms with Crippen molar-refractivity contribution in [2.24, 2.45) is 5.73 Å². The van der Waals surface area contributed by atoms with Crippen LogP contribution < -0.4 is 11.1 Å². The number of pyridine rings is 1. The van der Waals surface area contributed by atoms with E-state index in [0.717, 1.165) is 15.8 Å². The first-order chi connectivity index (χ1) is 14.4. The van der Waals surface area contributed by atoms with E-state index in [2.05, 4.69) is 10.3 Å². The van der Waals surface area contributed by atoms with Gasteiger partial charge in [0, 0.05) is 20.9 Å². The molecule has 1 unspecified atom stereocenters. The van der Waals surface area contributed by atoms with Crippen LogP contribution in [0.1, 0.15) is 23.6 Å². The van der Waals surface area contributed by atoms with Gasteiger partial charge >= 0.3 is 12.0 Å². The Labute approximate surface area is 188 Å². The Bertz CT molecular complexity index is 1090. The van der Waals surface area contributed by atoms with Crippen molar-refractivity contribution < 1.29 is 14.3 Å². The van der Waals surface area contributed by atoms with Crippen LogP contribution >= 0.6 is 35.0 Å². The zero-order valence-electron chi connectivity index (χ0n) is 16.0. The van der Waals surface area contributed by atoms with Crippen molar-refractivity contribution in [3.63, 3.8) is 0 Å². The first kappa shape index (κ1) is 22.2. The van der Waals surface area contributed by atoms with E-state index in [9.17, 15) is 9.59 Å². The van der Waals surface area contributed by atoms with Crippen molar-refractivity contribution in [3.05, 3.63) is 69.8 Å². The van der Waals surface area contributed by atoms with Gasteiger partial charge in [-0.25, -0.2) is 9.78 Å². The van der Waals surface area contributed by atoms with Crippen LogP contribution in [0.5, 0.6) is 0 Å². The van der Waals surface area contributed by atoms with Crippen LogP contribution in [-0.4, -0.2) is 23.2 Å². The molecule has 2 aromatic carbocycles. The molecular weight excluding hydrogens is 445 g/mol. The fourth-order valence-corrected chi connectivity index (χ4v) is 3.85. The van der Waals surface area contributed by atoms with Crippen molar-refractivity contribution in [2.45, 2.75) is 24.0 Å². The molecule has 0 aliphatic carbocycles. The molecule has 1 atom stereocenters. The van der Waals surface area contributed by atoms with Gasteiger partial charge in [0.25, 0.3) is 0 Å². The average Bonchev–Trinajstić information content (AvgIpc) is 2.71. The van der Waals surface area contributed by atoms with E-state index in [1.165, 1.54) is 0 Å². The Balaban J connectivity index is 1.71. The molecular formula is C21H19Cl2N3O3S. The third-order valence-electron chi connectivity index (χ3n) is 4.41. The molecule has 0 saturated carbocycles. The Morgan fingerprint density at radius 3 is 2.67 bits per heavy atom. The summed E-state index contributed by atoms with van der Waals surface area (Å²) in [6.45, 7) is -0.0449. The molecule has 0 fully saturated rings. The first-order valence-electron chi connectivity index (χ1n) is 8.96. The molecule has 0 bridgehead atoms. The van der Waals surface area contributed by atoms with E-state index < -0.39 is 18.0 Å². The SMILES string of the molecule is CSc1ccc2cc(COC(=O)CC(NC(N)=O)c3ccccc3Cl)c(Cl)nc2c1. The molecule has 0 saturated heterocycles. The van der Waals surface area contributed by atoms with Crippen LogP contribution in [0.4, 0.5) is 4.79 Å². The lowest BCUT2D eigenvalue weighted by Gasteiger charge is -2.18. The Kier molecular flexibility index (Phi) is 7.42. The van der Waals surface area contributed by atoms with Gasteiger partial charge in [-0.1, -0.05) is 47.5 Å². The molecule has 30 heavy (non-hydrogen) atoms. The van der Waals surface area contributed by atoms with Crippen molar-refractivity contribution in [1.82, 2.24) is 10.3 Å². The lowest BCUT2D eigenvalue weighted by molar-refractivity contribution is -0.145. The maximum absolute atomic E-state index is 12.4. The van der Waals surface area contributed by atoms with E-state index in [4.69, 9.17) is 33.7 Å². The van der Waals surface area contributed by atoms with E-state index in [0.29, 0.717) is 16.1 Å². The molecule has 3 aromatic rings. The van der Waals surface area contributed by atoms with Crippen LogP contribution in [0, 0.1) is 0 Å². The fraction of sp³-hybridized carbons (Fsp3) is 0.190. The number of nitrogens with zero attached hydrogens (tertiary/aromatic N) is 1. The predicted molar refractivity (Wildman–Crippen MR) is 120 cm³/mol. The number of nitrogens with two attached hydrogens (primary N) is 1. The second-order valence-electron chi connectivity index (χ2n) is 6.44. The molecule has 6 nitrogen and oxygen atoms in total. The number of fused-ring (bicyclic) bond motifs is 1. The van der Waals surface area contributed by atoms with Gasteiger partial charge in [-0.15, -0.1) is 11.8 Å². The minimum absolute atomic E-state index is 0.0449. The molecule has 156 valence electrons. The van der Waals surface area contributed by atoms with Crippen molar-refractivity contribution in [2.75, 3.05) is 6.26 Å². The summed E-state index contributed by atoms with van der Waals surface area (Å²) in [4.78, 5) is 29.3. The van der Waals surface area contributed by atoms with Gasteiger partial charge in [0.1, 0.15) is 11.8 Å². The van der Waals surface area contributed by atoms with Crippen LogP contribution in [0.15, 0.2) is 53.4 Å². The molecule has 1 heterocycles. The number of carbonyl (C=O) groups is 2. The van der Waals surface area contributed by atoms with Gasteiger partial charge in [-0.2, -0.15) is 0 Å². The third-order valence-corrected chi connectivity index (χ3v) is 5.80. The van der Waals surface area contributed by atoms with Crippen molar-refractivity contribution in [1.29, 1.82) is 0 Å². The largest absolute Gasteiger partial charge is 0.461 e. The zero-order valence-corrected chi connectivity index (χ0v) is 18.4. The summed E-state index contributed by atoms with van der Waals surface area (Å²) in [5.74, 6) is -0.539. The third kappa shape index (κ3) is 5.56. The highest BCUT2D eigenvalue weighted by molar-refractivity contribution is 7.98. The number of aromatic nitrogens is 1. The number of thioether (sulfide) groups is 1. The minimum atomic E-state index is -0.765. The van der Waals surface area contributed by atoms with E-state index in [-0.39, 0.29) is 18.2 Å². The first-order valence-corrected chi connectivity index (χ1v) is 10.9. The normalized spacial score (nSPS) is 11.8. The topological polar surface area (TPSA) is 94.3 Å². The van der Waals surface area contributed by atoms with E-state index >= 15 is 0 Å². The highest BCUT2D eigenvalue weighted by atomic mass is 35.5. The van der Waals surface area contributed by atoms with E-state index in [1.54, 1.807) is 36.0 Å². The van der Waals surface area contributed by atoms with Gasteiger partial charge in [0.05, 0.1) is 18.0 Å². The number of ether oxygens (including phenoxy) is 1. The standard InChI is InChI=1S/C21H19Cl2N3O3S/c1-30-14-7-6-12-8-13(20(23)25-17(12)9-14)11-29-19(27)10-18(26-21(24)28)15-4-2-3-5-16(15)22/h2-9,18H,10-11H2,1H3,(H3,24,26,28). The highest BCUT2D eigenvalue weighted by Gasteiger charge is 2.21.